The van der Waals surface area contributed by atoms with Gasteiger partial charge < -0.3 is 10.8 Å². The highest BCUT2D eigenvalue weighted by molar-refractivity contribution is 5.85. The van der Waals surface area contributed by atoms with Crippen LogP contribution in [0.2, 0.25) is 0 Å². The normalized spacial score (nSPS) is 53.2. The van der Waals surface area contributed by atoms with Crippen LogP contribution in [-0.2, 0) is 4.79 Å². The van der Waals surface area contributed by atoms with Gasteiger partial charge in [-0.2, -0.15) is 0 Å². The zero-order valence-electron chi connectivity index (χ0n) is 7.93. The summed E-state index contributed by atoms with van der Waals surface area (Å²) in [5.41, 5.74) is 6.00. The summed E-state index contributed by atoms with van der Waals surface area (Å²) >= 11 is 0. The summed E-state index contributed by atoms with van der Waals surface area (Å²) in [5.74, 6) is 1.55. The van der Waals surface area contributed by atoms with E-state index in [1.54, 1.807) is 0 Å². The van der Waals surface area contributed by atoms with Gasteiger partial charge in [0.25, 0.3) is 0 Å². The summed E-state index contributed by atoms with van der Waals surface area (Å²) < 4.78 is 0. The van der Waals surface area contributed by atoms with E-state index in [1.165, 1.54) is 12.8 Å². The Balaban J connectivity index is 0.000000750. The van der Waals surface area contributed by atoms with Crippen molar-refractivity contribution in [1.82, 2.24) is 0 Å². The van der Waals surface area contributed by atoms with E-state index in [1.807, 2.05) is 0 Å². The van der Waals surface area contributed by atoms with E-state index in [2.05, 4.69) is 0 Å². The maximum Gasteiger partial charge on any atom is 0.308 e. The number of halogens is 1. The first-order chi connectivity index (χ1) is 6.20. The number of nitrogens with two attached hydrogens (primary N) is 1. The molecule has 0 aromatic rings. The fourth-order valence-corrected chi connectivity index (χ4v) is 3.86. The highest BCUT2D eigenvalue weighted by atomic mass is 35.5. The lowest BCUT2D eigenvalue weighted by Gasteiger charge is -2.44. The predicted molar refractivity (Wildman–Crippen MR) is 54.2 cm³/mol. The van der Waals surface area contributed by atoms with Crippen molar-refractivity contribution in [2.24, 2.45) is 35.3 Å². The standard InChI is InChI=1S/C10H15NO2.ClH/c11-9-5-2-1-4(6-3-7(5)6)8(9)10(12)13;/h4-9H,1-3,11H2,(H,12,13);1H/t4?,5?,6?,7?,8-,9+;/m0./s1. The van der Waals surface area contributed by atoms with Crippen molar-refractivity contribution < 1.29 is 9.90 Å². The molecule has 4 fully saturated rings. The first-order valence-electron chi connectivity index (χ1n) is 5.18. The molecule has 4 saturated carbocycles. The maximum atomic E-state index is 11.0. The van der Waals surface area contributed by atoms with Gasteiger partial charge in [0.05, 0.1) is 5.92 Å². The average Bonchev–Trinajstić information content (AvgIpc) is 2.83. The van der Waals surface area contributed by atoms with Gasteiger partial charge in [-0.3, -0.25) is 4.79 Å². The van der Waals surface area contributed by atoms with Gasteiger partial charge >= 0.3 is 5.97 Å². The summed E-state index contributed by atoms with van der Waals surface area (Å²) in [6.45, 7) is 0. The van der Waals surface area contributed by atoms with Gasteiger partial charge in [0.1, 0.15) is 0 Å². The minimum atomic E-state index is -0.660. The van der Waals surface area contributed by atoms with Crippen molar-refractivity contribution >= 4 is 18.4 Å². The SMILES string of the molecule is Cl.N[C@@H]1C2CCC(C3CC32)[C@@H]1C(=O)O. The second kappa shape index (κ2) is 3.11. The smallest absolute Gasteiger partial charge is 0.308 e. The Morgan fingerprint density at radius 2 is 1.71 bits per heavy atom. The maximum absolute atomic E-state index is 11.0. The summed E-state index contributed by atoms with van der Waals surface area (Å²) in [6, 6.07) is -0.0556. The average molecular weight is 218 g/mol. The summed E-state index contributed by atoms with van der Waals surface area (Å²) in [7, 11) is 0. The van der Waals surface area contributed by atoms with Crippen LogP contribution in [-0.4, -0.2) is 17.1 Å². The number of carboxylic acids is 1. The van der Waals surface area contributed by atoms with Crippen LogP contribution in [0.4, 0.5) is 0 Å². The third-order valence-electron chi connectivity index (χ3n) is 4.48. The second-order valence-corrected chi connectivity index (χ2v) is 4.91. The van der Waals surface area contributed by atoms with Crippen LogP contribution < -0.4 is 5.73 Å². The van der Waals surface area contributed by atoms with Crippen molar-refractivity contribution in [3.63, 3.8) is 0 Å². The Morgan fingerprint density at radius 1 is 1.14 bits per heavy atom. The van der Waals surface area contributed by atoms with E-state index >= 15 is 0 Å². The van der Waals surface area contributed by atoms with Crippen LogP contribution in [0.15, 0.2) is 0 Å². The lowest BCUT2D eigenvalue weighted by atomic mass is 9.62. The monoisotopic (exact) mass is 217 g/mol. The van der Waals surface area contributed by atoms with Gasteiger partial charge in [-0.1, -0.05) is 0 Å². The minimum absolute atomic E-state index is 0. The van der Waals surface area contributed by atoms with Crippen molar-refractivity contribution in [2.75, 3.05) is 0 Å². The lowest BCUT2D eigenvalue weighted by molar-refractivity contribution is -0.149. The van der Waals surface area contributed by atoms with E-state index in [4.69, 9.17) is 10.8 Å². The Morgan fingerprint density at radius 3 is 2.36 bits per heavy atom. The van der Waals surface area contributed by atoms with E-state index in [-0.39, 0.29) is 24.4 Å². The summed E-state index contributed by atoms with van der Waals surface area (Å²) in [4.78, 5) is 11.0. The fourth-order valence-electron chi connectivity index (χ4n) is 3.86. The van der Waals surface area contributed by atoms with Crippen LogP contribution in [0.3, 0.4) is 0 Å². The molecule has 0 aliphatic heterocycles. The predicted octanol–water partition coefficient (Wildman–Crippen LogP) is 1.11. The summed E-state index contributed by atoms with van der Waals surface area (Å²) in [5, 5.41) is 9.09. The number of carbonyl (C=O) groups is 1. The molecule has 80 valence electrons. The minimum Gasteiger partial charge on any atom is -0.481 e. The number of carboxylic acid groups (broad SMARTS) is 1. The topological polar surface area (TPSA) is 63.3 Å². The van der Waals surface area contributed by atoms with Crippen molar-refractivity contribution in [3.8, 4) is 0 Å². The molecule has 0 heterocycles. The van der Waals surface area contributed by atoms with Crippen molar-refractivity contribution in [2.45, 2.75) is 25.3 Å². The van der Waals surface area contributed by atoms with Crippen LogP contribution >= 0.6 is 12.4 Å². The molecular weight excluding hydrogens is 202 g/mol. The zero-order valence-corrected chi connectivity index (χ0v) is 8.74. The molecule has 6 atom stereocenters. The van der Waals surface area contributed by atoms with Gasteiger partial charge in [0, 0.05) is 6.04 Å². The molecule has 0 spiro atoms. The van der Waals surface area contributed by atoms with Gasteiger partial charge in [-0.15, -0.1) is 12.4 Å². The third-order valence-corrected chi connectivity index (χ3v) is 4.48. The number of fused-ring (bicyclic) bond motifs is 2. The number of aliphatic carboxylic acids is 1. The van der Waals surface area contributed by atoms with E-state index < -0.39 is 5.97 Å². The molecule has 0 saturated heterocycles. The molecule has 4 rings (SSSR count). The molecule has 14 heavy (non-hydrogen) atoms. The first-order valence-corrected chi connectivity index (χ1v) is 5.18. The van der Waals surface area contributed by atoms with E-state index in [0.717, 1.165) is 18.3 Å². The van der Waals surface area contributed by atoms with E-state index in [0.29, 0.717) is 11.8 Å². The fraction of sp³-hybridized carbons (Fsp3) is 0.900. The quantitative estimate of drug-likeness (QED) is 0.692. The Kier molecular flexibility index (Phi) is 2.27. The van der Waals surface area contributed by atoms with Crippen LogP contribution in [0.1, 0.15) is 19.3 Å². The highest BCUT2D eigenvalue weighted by Gasteiger charge is 2.62. The molecule has 3 N–H and O–H groups in total. The Labute approximate surface area is 89.5 Å². The van der Waals surface area contributed by atoms with Gasteiger partial charge in [0.2, 0.25) is 0 Å². The zero-order chi connectivity index (χ0) is 9.16. The second-order valence-electron chi connectivity index (χ2n) is 4.91. The van der Waals surface area contributed by atoms with Gasteiger partial charge in [-0.25, -0.2) is 0 Å². The first kappa shape index (κ1) is 10.2. The molecule has 0 amide bonds. The molecule has 4 unspecified atom stereocenters. The largest absolute Gasteiger partial charge is 0.481 e. The lowest BCUT2D eigenvalue weighted by Crippen LogP contribution is -2.53. The van der Waals surface area contributed by atoms with E-state index in [9.17, 15) is 4.79 Å². The number of hydrogen-bond donors (Lipinski definition) is 2. The van der Waals surface area contributed by atoms with Gasteiger partial charge in [0.15, 0.2) is 0 Å². The van der Waals surface area contributed by atoms with Crippen LogP contribution in [0, 0.1) is 29.6 Å². The molecular formula is C10H16ClNO2. The Bertz CT molecular complexity index is 271. The molecule has 4 aliphatic rings. The molecule has 0 aromatic carbocycles. The molecule has 3 nitrogen and oxygen atoms in total. The number of hydrogen-bond acceptors (Lipinski definition) is 2. The molecule has 4 aliphatic carbocycles. The van der Waals surface area contributed by atoms with Crippen molar-refractivity contribution in [3.05, 3.63) is 0 Å². The highest BCUT2D eigenvalue weighted by Crippen LogP contribution is 2.63. The summed E-state index contributed by atoms with van der Waals surface area (Å²) in [6.07, 6.45) is 3.54. The molecule has 0 radical (unpaired) electrons. The Hall–Kier alpha value is -0.280. The van der Waals surface area contributed by atoms with Crippen molar-refractivity contribution in [1.29, 1.82) is 0 Å². The van der Waals surface area contributed by atoms with Gasteiger partial charge in [-0.05, 0) is 42.9 Å². The molecule has 2 bridgehead atoms. The molecule has 0 aromatic heterocycles. The third kappa shape index (κ3) is 1.12. The van der Waals surface area contributed by atoms with Crippen LogP contribution in [0.5, 0.6) is 0 Å². The molecule has 4 heteroatoms. The number of rotatable bonds is 1. The van der Waals surface area contributed by atoms with Crippen LogP contribution in [0.25, 0.3) is 0 Å².